The van der Waals surface area contributed by atoms with E-state index in [1.54, 1.807) is 13.8 Å². The molecule has 0 spiro atoms. The molecule has 0 bridgehead atoms. The summed E-state index contributed by atoms with van der Waals surface area (Å²) in [6.45, 7) is 7.22. The monoisotopic (exact) mass is 478 g/mol. The normalized spacial score (nSPS) is 11.6. The number of benzene rings is 1. The molecule has 0 saturated heterocycles. The summed E-state index contributed by atoms with van der Waals surface area (Å²) in [5, 5.41) is 6.12. The topological polar surface area (TPSA) is 82.6 Å². The van der Waals surface area contributed by atoms with Gasteiger partial charge in [0.15, 0.2) is 5.96 Å². The van der Waals surface area contributed by atoms with Crippen molar-refractivity contribution in [3.63, 3.8) is 0 Å². The number of halogens is 1. The highest BCUT2D eigenvalue weighted by molar-refractivity contribution is 14.0. The zero-order chi connectivity index (χ0) is 18.0. The van der Waals surface area contributed by atoms with Crippen molar-refractivity contribution < 1.29 is 8.42 Å². The molecule has 0 aliphatic rings. The number of guanidine groups is 1. The number of hydrogen-bond acceptors (Lipinski definition) is 3. The molecule has 3 N–H and O–H groups in total. The Morgan fingerprint density at radius 2 is 1.80 bits per heavy atom. The molecule has 6 nitrogen and oxygen atoms in total. The lowest BCUT2D eigenvalue weighted by Gasteiger charge is -2.10. The number of hydrogen-bond donors (Lipinski definition) is 3. The summed E-state index contributed by atoms with van der Waals surface area (Å²) in [6, 6.07) is 7.28. The third-order valence-electron chi connectivity index (χ3n) is 2.92. The van der Waals surface area contributed by atoms with Crippen molar-refractivity contribution in [2.75, 3.05) is 13.1 Å². The maximum Gasteiger partial charge on any atom is 0.216 e. The Morgan fingerprint density at radius 1 is 1.20 bits per heavy atom. The van der Waals surface area contributed by atoms with Crippen molar-refractivity contribution >= 4 is 40.0 Å². The molecule has 140 valence electrons. The van der Waals surface area contributed by atoms with Crippen molar-refractivity contribution in [3.8, 4) is 12.3 Å². The minimum absolute atomic E-state index is 0. The van der Waals surface area contributed by atoms with Crippen LogP contribution in [0, 0.1) is 12.3 Å². The van der Waals surface area contributed by atoms with Crippen LogP contribution in [-0.2, 0) is 22.3 Å². The molecule has 1 aromatic rings. The lowest BCUT2D eigenvalue weighted by molar-refractivity contribution is 0.569. The molecule has 0 saturated carbocycles. The molecular weight excluding hydrogens is 451 g/mol. The fraction of sp³-hybridized carbons (Fsp3) is 0.471. The predicted molar refractivity (Wildman–Crippen MR) is 114 cm³/mol. The SMILES string of the molecule is C#CCNC(=NCc1ccc(CS(=O)(=O)NC(C)C)cc1)NCC.I. The minimum Gasteiger partial charge on any atom is -0.357 e. The largest absolute Gasteiger partial charge is 0.357 e. The molecule has 0 atom stereocenters. The number of aliphatic imine (C=N–C) groups is 1. The van der Waals surface area contributed by atoms with Gasteiger partial charge in [-0.15, -0.1) is 30.4 Å². The molecule has 0 aliphatic carbocycles. The fourth-order valence-corrected chi connectivity index (χ4v) is 3.44. The second-order valence-corrected chi connectivity index (χ2v) is 7.35. The Morgan fingerprint density at radius 3 is 2.32 bits per heavy atom. The first-order chi connectivity index (χ1) is 11.4. The zero-order valence-corrected chi connectivity index (χ0v) is 18.0. The molecule has 0 radical (unpaired) electrons. The lowest BCUT2D eigenvalue weighted by atomic mass is 10.1. The summed E-state index contributed by atoms with van der Waals surface area (Å²) in [7, 11) is -3.31. The first-order valence-corrected chi connectivity index (χ1v) is 9.55. The van der Waals surface area contributed by atoms with E-state index < -0.39 is 10.0 Å². The van der Waals surface area contributed by atoms with E-state index in [9.17, 15) is 8.42 Å². The van der Waals surface area contributed by atoms with Gasteiger partial charge in [-0.25, -0.2) is 18.1 Å². The first-order valence-electron chi connectivity index (χ1n) is 7.89. The van der Waals surface area contributed by atoms with E-state index in [0.29, 0.717) is 19.0 Å². The molecule has 1 aromatic carbocycles. The average molecular weight is 478 g/mol. The van der Waals surface area contributed by atoms with Crippen molar-refractivity contribution in [2.24, 2.45) is 4.99 Å². The molecule has 0 heterocycles. The summed E-state index contributed by atoms with van der Waals surface area (Å²) in [4.78, 5) is 4.43. The van der Waals surface area contributed by atoms with Crippen LogP contribution < -0.4 is 15.4 Å². The Hall–Kier alpha value is -1.31. The smallest absolute Gasteiger partial charge is 0.216 e. The van der Waals surface area contributed by atoms with Crippen molar-refractivity contribution in [3.05, 3.63) is 35.4 Å². The maximum atomic E-state index is 11.9. The summed E-state index contributed by atoms with van der Waals surface area (Å²) in [6.07, 6.45) is 5.23. The van der Waals surface area contributed by atoms with Gasteiger partial charge >= 0.3 is 0 Å². The zero-order valence-electron chi connectivity index (χ0n) is 14.9. The molecule has 0 aliphatic heterocycles. The van der Waals surface area contributed by atoms with Crippen LogP contribution in [0.15, 0.2) is 29.3 Å². The van der Waals surface area contributed by atoms with Gasteiger partial charge in [0.1, 0.15) is 0 Å². The van der Waals surface area contributed by atoms with E-state index in [4.69, 9.17) is 6.42 Å². The Bertz CT molecular complexity index is 680. The number of nitrogens with one attached hydrogen (secondary N) is 3. The van der Waals surface area contributed by atoms with E-state index in [0.717, 1.165) is 17.7 Å². The van der Waals surface area contributed by atoms with Crippen LogP contribution in [0.2, 0.25) is 0 Å². The lowest BCUT2D eigenvalue weighted by Crippen LogP contribution is -2.37. The van der Waals surface area contributed by atoms with E-state index >= 15 is 0 Å². The van der Waals surface area contributed by atoms with Crippen LogP contribution >= 0.6 is 24.0 Å². The number of sulfonamides is 1. The van der Waals surface area contributed by atoms with Gasteiger partial charge < -0.3 is 10.6 Å². The molecule has 0 unspecified atom stereocenters. The highest BCUT2D eigenvalue weighted by atomic mass is 127. The second-order valence-electron chi connectivity index (χ2n) is 5.60. The Balaban J connectivity index is 0.00000576. The van der Waals surface area contributed by atoms with Crippen molar-refractivity contribution in [1.29, 1.82) is 0 Å². The minimum atomic E-state index is -3.31. The quantitative estimate of drug-likeness (QED) is 0.231. The molecular formula is C17H27IN4O2S. The highest BCUT2D eigenvalue weighted by Gasteiger charge is 2.12. The van der Waals surface area contributed by atoms with Crippen molar-refractivity contribution in [2.45, 2.75) is 39.1 Å². The molecule has 25 heavy (non-hydrogen) atoms. The van der Waals surface area contributed by atoms with Crippen LogP contribution in [0.3, 0.4) is 0 Å². The van der Waals surface area contributed by atoms with E-state index in [1.165, 1.54) is 0 Å². The maximum absolute atomic E-state index is 11.9. The summed E-state index contributed by atoms with van der Waals surface area (Å²) >= 11 is 0. The van der Waals surface area contributed by atoms with Crippen LogP contribution in [0.5, 0.6) is 0 Å². The van der Waals surface area contributed by atoms with Gasteiger partial charge in [-0.1, -0.05) is 30.2 Å². The van der Waals surface area contributed by atoms with Crippen LogP contribution in [-0.4, -0.2) is 33.5 Å². The van der Waals surface area contributed by atoms with Gasteiger partial charge in [-0.3, -0.25) is 0 Å². The molecule has 8 heteroatoms. The summed E-state index contributed by atoms with van der Waals surface area (Å²) in [5.74, 6) is 3.13. The van der Waals surface area contributed by atoms with Crippen LogP contribution in [0.1, 0.15) is 31.9 Å². The summed E-state index contributed by atoms with van der Waals surface area (Å²) in [5.41, 5.74) is 1.74. The molecule has 0 fully saturated rings. The third-order valence-corrected chi connectivity index (χ3v) is 4.46. The van der Waals surface area contributed by atoms with Crippen molar-refractivity contribution in [1.82, 2.24) is 15.4 Å². The molecule has 0 aromatic heterocycles. The van der Waals surface area contributed by atoms with Gasteiger partial charge in [0, 0.05) is 12.6 Å². The Labute approximate surface area is 168 Å². The molecule has 1 rings (SSSR count). The number of nitrogens with zero attached hydrogens (tertiary/aromatic N) is 1. The predicted octanol–water partition coefficient (Wildman–Crippen LogP) is 1.82. The Kier molecular flexibility index (Phi) is 11.5. The van der Waals surface area contributed by atoms with E-state index in [-0.39, 0.29) is 35.8 Å². The van der Waals surface area contributed by atoms with Gasteiger partial charge in [0.05, 0.1) is 18.8 Å². The standard InChI is InChI=1S/C17H26N4O2S.HI/c1-5-11-19-17(18-6-2)20-12-15-7-9-16(10-8-15)13-24(22,23)21-14(3)4;/h1,7-10,14,21H,6,11-13H2,2-4H3,(H2,18,19,20);1H. The highest BCUT2D eigenvalue weighted by Crippen LogP contribution is 2.09. The van der Waals surface area contributed by atoms with Gasteiger partial charge in [0.2, 0.25) is 10.0 Å². The summed E-state index contributed by atoms with van der Waals surface area (Å²) < 4.78 is 26.4. The van der Waals surface area contributed by atoms with Gasteiger partial charge in [-0.2, -0.15) is 0 Å². The first kappa shape index (κ1) is 23.7. The second kappa shape index (κ2) is 12.1. The number of rotatable bonds is 8. The van der Waals surface area contributed by atoms with Gasteiger partial charge in [0.25, 0.3) is 0 Å². The van der Waals surface area contributed by atoms with Crippen LogP contribution in [0.25, 0.3) is 0 Å². The van der Waals surface area contributed by atoms with E-state index in [1.807, 2.05) is 31.2 Å². The third kappa shape index (κ3) is 10.3. The van der Waals surface area contributed by atoms with Crippen LogP contribution in [0.4, 0.5) is 0 Å². The van der Waals surface area contributed by atoms with E-state index in [2.05, 4.69) is 26.3 Å². The number of terminal acetylenes is 1. The fourth-order valence-electron chi connectivity index (χ4n) is 2.01. The average Bonchev–Trinajstić information content (AvgIpc) is 2.49. The molecule has 0 amide bonds. The van der Waals surface area contributed by atoms with Gasteiger partial charge in [-0.05, 0) is 31.9 Å².